The molecular weight excluding hydrogens is 263 g/mol. The first-order valence-electron chi connectivity index (χ1n) is 6.72. The van der Waals surface area contributed by atoms with Gasteiger partial charge in [0, 0.05) is 37.2 Å². The number of rotatable bonds is 5. The van der Waals surface area contributed by atoms with Crippen LogP contribution in [-0.4, -0.2) is 31.1 Å². The Morgan fingerprint density at radius 3 is 2.74 bits per heavy atom. The molecule has 0 saturated carbocycles. The predicted molar refractivity (Wildman–Crippen MR) is 78.0 cm³/mol. The summed E-state index contributed by atoms with van der Waals surface area (Å²) in [4.78, 5) is 2.39. The Hall–Kier alpha value is -0.900. The van der Waals surface area contributed by atoms with Crippen LogP contribution in [0, 0.1) is 5.82 Å². The molecule has 19 heavy (non-hydrogen) atoms. The van der Waals surface area contributed by atoms with Gasteiger partial charge in [0.25, 0.3) is 0 Å². The number of halogens is 2. The standard InChI is InChI=1S/C15H20ClFN2/c1-2-3-4-15(19-7-5-18-6-8-19)12-9-13(16)11-14(17)10-12/h2,9-11,15,18H,1,3-8H2/t15-/m1/s1. The van der Waals surface area contributed by atoms with Crippen molar-refractivity contribution in [2.75, 3.05) is 26.2 Å². The Bertz CT molecular complexity index is 410. The molecule has 0 bridgehead atoms. The molecule has 1 atom stereocenters. The van der Waals surface area contributed by atoms with Crippen LogP contribution in [0.2, 0.25) is 5.02 Å². The minimum atomic E-state index is -0.263. The minimum absolute atomic E-state index is 0.216. The summed E-state index contributed by atoms with van der Waals surface area (Å²) in [6.45, 7) is 7.70. The topological polar surface area (TPSA) is 15.3 Å². The maximum atomic E-state index is 13.5. The first kappa shape index (κ1) is 14.5. The average molecular weight is 283 g/mol. The fourth-order valence-electron chi connectivity index (χ4n) is 2.60. The highest BCUT2D eigenvalue weighted by Crippen LogP contribution is 2.29. The van der Waals surface area contributed by atoms with Crippen molar-refractivity contribution in [1.82, 2.24) is 10.2 Å². The Kier molecular flexibility index (Phi) is 5.37. The predicted octanol–water partition coefficient (Wildman–Crippen LogP) is 3.39. The molecule has 1 fully saturated rings. The summed E-state index contributed by atoms with van der Waals surface area (Å²) in [5.41, 5.74) is 0.966. The van der Waals surface area contributed by atoms with Crippen molar-refractivity contribution in [1.29, 1.82) is 0 Å². The summed E-state index contributed by atoms with van der Waals surface area (Å²) in [7, 11) is 0. The summed E-state index contributed by atoms with van der Waals surface area (Å²) in [6, 6.07) is 5.04. The molecule has 0 amide bonds. The normalized spacial score (nSPS) is 18.2. The largest absolute Gasteiger partial charge is 0.314 e. The highest BCUT2D eigenvalue weighted by molar-refractivity contribution is 6.30. The Balaban J connectivity index is 2.21. The third-order valence-corrected chi connectivity index (χ3v) is 3.72. The SMILES string of the molecule is C=CCC[C@H](c1cc(F)cc(Cl)c1)N1CCNCC1. The van der Waals surface area contributed by atoms with Gasteiger partial charge in [0.15, 0.2) is 0 Å². The number of allylic oxidation sites excluding steroid dienone is 1. The second kappa shape index (κ2) is 7.04. The van der Waals surface area contributed by atoms with Crippen LogP contribution >= 0.6 is 11.6 Å². The zero-order valence-corrected chi connectivity index (χ0v) is 11.8. The van der Waals surface area contributed by atoms with Crippen molar-refractivity contribution in [3.8, 4) is 0 Å². The van der Waals surface area contributed by atoms with E-state index in [1.807, 2.05) is 12.1 Å². The molecule has 1 aromatic carbocycles. The number of benzene rings is 1. The monoisotopic (exact) mass is 282 g/mol. The highest BCUT2D eigenvalue weighted by atomic mass is 35.5. The average Bonchev–Trinajstić information content (AvgIpc) is 2.39. The lowest BCUT2D eigenvalue weighted by Gasteiger charge is -2.35. The van der Waals surface area contributed by atoms with E-state index in [2.05, 4.69) is 16.8 Å². The van der Waals surface area contributed by atoms with E-state index in [1.54, 1.807) is 6.07 Å². The maximum Gasteiger partial charge on any atom is 0.125 e. The van der Waals surface area contributed by atoms with Crippen LogP contribution in [0.5, 0.6) is 0 Å². The van der Waals surface area contributed by atoms with Crippen LogP contribution in [0.1, 0.15) is 24.4 Å². The molecule has 1 aliphatic heterocycles. The van der Waals surface area contributed by atoms with E-state index >= 15 is 0 Å². The van der Waals surface area contributed by atoms with Gasteiger partial charge in [0.05, 0.1) is 0 Å². The van der Waals surface area contributed by atoms with Crippen molar-refractivity contribution >= 4 is 11.6 Å². The van der Waals surface area contributed by atoms with Gasteiger partial charge in [-0.15, -0.1) is 6.58 Å². The van der Waals surface area contributed by atoms with Crippen molar-refractivity contribution < 1.29 is 4.39 Å². The molecule has 104 valence electrons. The molecule has 0 spiro atoms. The van der Waals surface area contributed by atoms with Gasteiger partial charge >= 0.3 is 0 Å². The molecule has 2 nitrogen and oxygen atoms in total. The van der Waals surface area contributed by atoms with Crippen molar-refractivity contribution in [3.05, 3.63) is 47.3 Å². The number of piperazine rings is 1. The van der Waals surface area contributed by atoms with Crippen molar-refractivity contribution in [3.63, 3.8) is 0 Å². The second-order valence-corrected chi connectivity index (χ2v) is 5.31. The first-order chi connectivity index (χ1) is 9.20. The fraction of sp³-hybridized carbons (Fsp3) is 0.467. The molecule has 4 heteroatoms. The summed E-state index contributed by atoms with van der Waals surface area (Å²) in [5, 5.41) is 3.80. The molecule has 0 radical (unpaired) electrons. The molecule has 1 saturated heterocycles. The van der Waals surface area contributed by atoms with Crippen LogP contribution in [0.15, 0.2) is 30.9 Å². The third kappa shape index (κ3) is 4.03. The maximum absolute atomic E-state index is 13.5. The molecule has 1 N–H and O–H groups in total. The first-order valence-corrected chi connectivity index (χ1v) is 7.10. The molecule has 1 heterocycles. The van der Waals surface area contributed by atoms with Gasteiger partial charge < -0.3 is 5.32 Å². The molecule has 1 aliphatic rings. The lowest BCUT2D eigenvalue weighted by molar-refractivity contribution is 0.166. The minimum Gasteiger partial charge on any atom is -0.314 e. The van der Waals surface area contributed by atoms with Gasteiger partial charge in [-0.25, -0.2) is 4.39 Å². The van der Waals surface area contributed by atoms with Crippen LogP contribution in [0.3, 0.4) is 0 Å². The van der Waals surface area contributed by atoms with Gasteiger partial charge in [-0.3, -0.25) is 4.90 Å². The van der Waals surface area contributed by atoms with E-state index in [4.69, 9.17) is 11.6 Å². The molecule has 0 aliphatic carbocycles. The van der Waals surface area contributed by atoms with Crippen LogP contribution in [0.4, 0.5) is 4.39 Å². The Morgan fingerprint density at radius 2 is 2.11 bits per heavy atom. The Morgan fingerprint density at radius 1 is 1.37 bits per heavy atom. The summed E-state index contributed by atoms with van der Waals surface area (Å²) in [6.07, 6.45) is 3.78. The van der Waals surface area contributed by atoms with Gasteiger partial charge in [-0.1, -0.05) is 17.7 Å². The number of nitrogens with one attached hydrogen (secondary N) is 1. The van der Waals surface area contributed by atoms with E-state index in [-0.39, 0.29) is 11.9 Å². The number of hydrogen-bond donors (Lipinski definition) is 1. The molecule has 0 aromatic heterocycles. The number of hydrogen-bond acceptors (Lipinski definition) is 2. The van der Waals surface area contributed by atoms with Crippen LogP contribution in [0.25, 0.3) is 0 Å². The fourth-order valence-corrected chi connectivity index (χ4v) is 2.83. The molecule has 1 aromatic rings. The summed E-state index contributed by atoms with van der Waals surface area (Å²) < 4.78 is 13.5. The highest BCUT2D eigenvalue weighted by Gasteiger charge is 2.22. The van der Waals surface area contributed by atoms with Gasteiger partial charge in [0.2, 0.25) is 0 Å². The zero-order valence-electron chi connectivity index (χ0n) is 11.0. The van der Waals surface area contributed by atoms with E-state index in [1.165, 1.54) is 6.07 Å². The van der Waals surface area contributed by atoms with E-state index in [0.29, 0.717) is 5.02 Å². The van der Waals surface area contributed by atoms with Crippen molar-refractivity contribution in [2.45, 2.75) is 18.9 Å². The van der Waals surface area contributed by atoms with Gasteiger partial charge in [-0.2, -0.15) is 0 Å². The van der Waals surface area contributed by atoms with Crippen LogP contribution in [-0.2, 0) is 0 Å². The summed E-state index contributed by atoms with van der Waals surface area (Å²) in [5.74, 6) is -0.263. The zero-order chi connectivity index (χ0) is 13.7. The molecular formula is C15H20ClFN2. The van der Waals surface area contributed by atoms with Crippen molar-refractivity contribution in [2.24, 2.45) is 0 Å². The number of nitrogens with zero attached hydrogens (tertiary/aromatic N) is 1. The summed E-state index contributed by atoms with van der Waals surface area (Å²) >= 11 is 5.98. The van der Waals surface area contributed by atoms with E-state index in [9.17, 15) is 4.39 Å². The van der Waals surface area contributed by atoms with Gasteiger partial charge in [0.1, 0.15) is 5.82 Å². The lowest BCUT2D eigenvalue weighted by Crippen LogP contribution is -2.45. The smallest absolute Gasteiger partial charge is 0.125 e. The quantitative estimate of drug-likeness (QED) is 0.833. The molecule has 0 unspecified atom stereocenters. The van der Waals surface area contributed by atoms with Gasteiger partial charge in [-0.05, 0) is 36.6 Å². The lowest BCUT2D eigenvalue weighted by atomic mass is 9.99. The Labute approximate surface area is 119 Å². The van der Waals surface area contributed by atoms with Crippen LogP contribution < -0.4 is 5.32 Å². The van der Waals surface area contributed by atoms with E-state index < -0.39 is 0 Å². The second-order valence-electron chi connectivity index (χ2n) is 4.87. The molecule has 2 rings (SSSR count). The van der Waals surface area contributed by atoms with E-state index in [0.717, 1.165) is 44.6 Å². The third-order valence-electron chi connectivity index (χ3n) is 3.51.